The molecule has 1 aliphatic carbocycles. The fourth-order valence-electron chi connectivity index (χ4n) is 3.03. The maximum Gasteiger partial charge on any atom is 0.306 e. The minimum absolute atomic E-state index is 0.0826. The van der Waals surface area contributed by atoms with Gasteiger partial charge in [-0.2, -0.15) is 0 Å². The number of carbonyl (C=O) groups is 1. The Balaban J connectivity index is 2.11. The number of hydrogen-bond acceptors (Lipinski definition) is 3. The molecule has 0 spiro atoms. The second kappa shape index (κ2) is 5.98. The highest BCUT2D eigenvalue weighted by molar-refractivity contribution is 5.70. The average molecular weight is 247 g/mol. The number of methoxy groups -OCH3 is 1. The first-order chi connectivity index (χ1) is 8.74. The van der Waals surface area contributed by atoms with Crippen LogP contribution in [0.25, 0.3) is 0 Å². The van der Waals surface area contributed by atoms with Gasteiger partial charge in [0.15, 0.2) is 0 Å². The zero-order chi connectivity index (χ0) is 12.8. The van der Waals surface area contributed by atoms with Gasteiger partial charge in [-0.05, 0) is 36.3 Å². The lowest BCUT2D eigenvalue weighted by atomic mass is 9.68. The minimum atomic E-state index is -0.0826. The van der Waals surface area contributed by atoms with Crippen LogP contribution in [-0.2, 0) is 16.0 Å². The summed E-state index contributed by atoms with van der Waals surface area (Å²) in [6, 6.07) is 4.06. The van der Waals surface area contributed by atoms with Crippen molar-refractivity contribution in [2.75, 3.05) is 7.11 Å². The highest BCUT2D eigenvalue weighted by Gasteiger charge is 2.34. The quantitative estimate of drug-likeness (QED) is 0.767. The van der Waals surface area contributed by atoms with Crippen LogP contribution in [0.2, 0.25) is 0 Å². The number of hydrogen-bond donors (Lipinski definition) is 0. The molecule has 0 N–H and O–H groups in total. The normalized spacial score (nSPS) is 18.3. The summed E-state index contributed by atoms with van der Waals surface area (Å²) in [5.74, 6) is -0.0826. The maximum atomic E-state index is 11.6. The van der Waals surface area contributed by atoms with Gasteiger partial charge in [-0.25, -0.2) is 0 Å². The zero-order valence-electron chi connectivity index (χ0n) is 11.0. The van der Waals surface area contributed by atoms with Crippen LogP contribution in [-0.4, -0.2) is 18.1 Å². The van der Waals surface area contributed by atoms with Crippen LogP contribution in [0.4, 0.5) is 0 Å². The summed E-state index contributed by atoms with van der Waals surface area (Å²) in [4.78, 5) is 15.8. The lowest BCUT2D eigenvalue weighted by Gasteiger charge is -2.36. The number of pyridine rings is 1. The van der Waals surface area contributed by atoms with Gasteiger partial charge < -0.3 is 4.74 Å². The standard InChI is InChI=1S/C15H21NO2/c1-18-14(17)11-15(7-3-2-4-8-15)10-13-6-5-9-16-12-13/h5-6,9,12H,2-4,7-8,10-11H2,1H3. The molecule has 1 saturated carbocycles. The van der Waals surface area contributed by atoms with E-state index in [9.17, 15) is 4.79 Å². The molecule has 0 aliphatic heterocycles. The number of rotatable bonds is 4. The van der Waals surface area contributed by atoms with Gasteiger partial charge in [0.1, 0.15) is 0 Å². The third-order valence-electron chi connectivity index (χ3n) is 3.96. The Morgan fingerprint density at radius 3 is 2.78 bits per heavy atom. The molecule has 3 nitrogen and oxygen atoms in total. The summed E-state index contributed by atoms with van der Waals surface area (Å²) in [6.07, 6.45) is 11.2. The maximum absolute atomic E-state index is 11.6. The monoisotopic (exact) mass is 247 g/mol. The molecule has 0 atom stereocenters. The van der Waals surface area contributed by atoms with Crippen molar-refractivity contribution in [3.05, 3.63) is 30.1 Å². The van der Waals surface area contributed by atoms with Crippen molar-refractivity contribution in [3.8, 4) is 0 Å². The van der Waals surface area contributed by atoms with Gasteiger partial charge in [0.25, 0.3) is 0 Å². The van der Waals surface area contributed by atoms with Crippen LogP contribution in [0, 0.1) is 5.41 Å². The number of ether oxygens (including phenoxy) is 1. The van der Waals surface area contributed by atoms with E-state index in [0.29, 0.717) is 6.42 Å². The van der Waals surface area contributed by atoms with E-state index in [2.05, 4.69) is 11.1 Å². The van der Waals surface area contributed by atoms with Crippen molar-refractivity contribution < 1.29 is 9.53 Å². The summed E-state index contributed by atoms with van der Waals surface area (Å²) >= 11 is 0. The van der Waals surface area contributed by atoms with Crippen molar-refractivity contribution in [2.24, 2.45) is 5.41 Å². The van der Waals surface area contributed by atoms with Gasteiger partial charge >= 0.3 is 5.97 Å². The molecule has 2 rings (SSSR count). The Kier molecular flexibility index (Phi) is 4.34. The molecule has 1 aliphatic rings. The van der Waals surface area contributed by atoms with E-state index in [1.807, 2.05) is 12.3 Å². The van der Waals surface area contributed by atoms with Crippen LogP contribution in [0.3, 0.4) is 0 Å². The largest absolute Gasteiger partial charge is 0.469 e. The van der Waals surface area contributed by atoms with Crippen LogP contribution in [0.5, 0.6) is 0 Å². The molecule has 3 heteroatoms. The average Bonchev–Trinajstić information content (AvgIpc) is 2.40. The van der Waals surface area contributed by atoms with Crippen molar-refractivity contribution in [1.82, 2.24) is 4.98 Å². The summed E-state index contributed by atoms with van der Waals surface area (Å²) in [7, 11) is 1.48. The van der Waals surface area contributed by atoms with Gasteiger partial charge in [0, 0.05) is 12.4 Å². The second-order valence-electron chi connectivity index (χ2n) is 5.35. The Morgan fingerprint density at radius 1 is 1.39 bits per heavy atom. The molecule has 1 aromatic heterocycles. The molecule has 0 unspecified atom stereocenters. The Morgan fingerprint density at radius 2 is 2.17 bits per heavy atom. The minimum Gasteiger partial charge on any atom is -0.469 e. The lowest BCUT2D eigenvalue weighted by Crippen LogP contribution is -2.30. The number of carbonyl (C=O) groups excluding carboxylic acids is 1. The molecule has 0 amide bonds. The Labute approximate surface area is 109 Å². The van der Waals surface area contributed by atoms with Gasteiger partial charge in [0.05, 0.1) is 13.5 Å². The molecule has 0 aromatic carbocycles. The molecule has 18 heavy (non-hydrogen) atoms. The van der Waals surface area contributed by atoms with Crippen molar-refractivity contribution in [3.63, 3.8) is 0 Å². The predicted octanol–water partition coefficient (Wildman–Crippen LogP) is 3.14. The van der Waals surface area contributed by atoms with Crippen LogP contribution in [0.15, 0.2) is 24.5 Å². The predicted molar refractivity (Wildman–Crippen MR) is 70.1 cm³/mol. The molecule has 1 aromatic rings. The molecule has 98 valence electrons. The van der Waals surface area contributed by atoms with E-state index < -0.39 is 0 Å². The third kappa shape index (κ3) is 3.31. The van der Waals surface area contributed by atoms with Gasteiger partial charge in [-0.3, -0.25) is 9.78 Å². The molecule has 0 bridgehead atoms. The van der Waals surface area contributed by atoms with Crippen molar-refractivity contribution in [2.45, 2.75) is 44.9 Å². The summed E-state index contributed by atoms with van der Waals surface area (Å²) < 4.78 is 4.86. The second-order valence-corrected chi connectivity index (χ2v) is 5.35. The number of esters is 1. The van der Waals surface area contributed by atoms with Crippen molar-refractivity contribution >= 4 is 5.97 Å². The topological polar surface area (TPSA) is 39.2 Å². The van der Waals surface area contributed by atoms with Crippen molar-refractivity contribution in [1.29, 1.82) is 0 Å². The highest BCUT2D eigenvalue weighted by atomic mass is 16.5. The van der Waals surface area contributed by atoms with E-state index >= 15 is 0 Å². The fourth-order valence-corrected chi connectivity index (χ4v) is 3.03. The lowest BCUT2D eigenvalue weighted by molar-refractivity contribution is -0.144. The molecule has 0 radical (unpaired) electrons. The molecular weight excluding hydrogens is 226 g/mol. The first kappa shape index (κ1) is 13.1. The SMILES string of the molecule is COC(=O)CC1(Cc2cccnc2)CCCCC1. The first-order valence-corrected chi connectivity index (χ1v) is 6.70. The summed E-state index contributed by atoms with van der Waals surface area (Å²) in [6.45, 7) is 0. The smallest absolute Gasteiger partial charge is 0.306 e. The van der Waals surface area contributed by atoms with E-state index in [0.717, 1.165) is 19.3 Å². The highest BCUT2D eigenvalue weighted by Crippen LogP contribution is 2.42. The van der Waals surface area contributed by atoms with Crippen LogP contribution < -0.4 is 0 Å². The van der Waals surface area contributed by atoms with E-state index in [-0.39, 0.29) is 11.4 Å². The van der Waals surface area contributed by atoms with E-state index in [1.54, 1.807) is 6.20 Å². The summed E-state index contributed by atoms with van der Waals surface area (Å²) in [5, 5.41) is 0. The summed E-state index contributed by atoms with van der Waals surface area (Å²) in [5.41, 5.74) is 1.32. The zero-order valence-corrected chi connectivity index (χ0v) is 11.0. The first-order valence-electron chi connectivity index (χ1n) is 6.70. The van der Waals surface area contributed by atoms with Crippen LogP contribution in [0.1, 0.15) is 44.1 Å². The van der Waals surface area contributed by atoms with Crippen LogP contribution >= 0.6 is 0 Å². The Hall–Kier alpha value is -1.38. The fraction of sp³-hybridized carbons (Fsp3) is 0.600. The third-order valence-corrected chi connectivity index (χ3v) is 3.96. The number of aromatic nitrogens is 1. The molecule has 1 heterocycles. The van der Waals surface area contributed by atoms with Gasteiger partial charge in [0.2, 0.25) is 0 Å². The van der Waals surface area contributed by atoms with E-state index in [1.165, 1.54) is 31.9 Å². The molecule has 0 saturated heterocycles. The van der Waals surface area contributed by atoms with E-state index in [4.69, 9.17) is 4.74 Å². The van der Waals surface area contributed by atoms with Gasteiger partial charge in [-0.15, -0.1) is 0 Å². The molecular formula is C15H21NO2. The Bertz CT molecular complexity index is 383. The number of nitrogens with zero attached hydrogens (tertiary/aromatic N) is 1. The molecule has 1 fully saturated rings. The van der Waals surface area contributed by atoms with Gasteiger partial charge in [-0.1, -0.05) is 25.3 Å².